The van der Waals surface area contributed by atoms with E-state index in [-0.39, 0.29) is 5.91 Å². The van der Waals surface area contributed by atoms with E-state index in [9.17, 15) is 4.79 Å². The lowest BCUT2D eigenvalue weighted by molar-refractivity contribution is -0.117. The summed E-state index contributed by atoms with van der Waals surface area (Å²) in [5.41, 5.74) is 7.70. The van der Waals surface area contributed by atoms with Crippen LogP contribution in [-0.4, -0.2) is 32.1 Å². The first kappa shape index (κ1) is 11.9. The van der Waals surface area contributed by atoms with E-state index in [0.29, 0.717) is 19.1 Å². The standard InChI is InChI=1S/C13H19N3O/c1-10(7-8-14)16-9-13(17)15(2)11-5-3-4-6-12(11)16/h3-6,10H,7-9,14H2,1-2H3. The first-order valence-corrected chi connectivity index (χ1v) is 5.97. The normalized spacial score (nSPS) is 17.0. The first-order chi connectivity index (χ1) is 8.15. The van der Waals surface area contributed by atoms with Gasteiger partial charge in [0, 0.05) is 13.1 Å². The lowest BCUT2D eigenvalue weighted by Gasteiger charge is -2.39. The van der Waals surface area contributed by atoms with Crippen LogP contribution in [-0.2, 0) is 4.79 Å². The Morgan fingerprint density at radius 2 is 2.00 bits per heavy atom. The molecule has 1 atom stereocenters. The second-order valence-corrected chi connectivity index (χ2v) is 4.50. The van der Waals surface area contributed by atoms with Gasteiger partial charge in [0.25, 0.3) is 0 Å². The van der Waals surface area contributed by atoms with Crippen LogP contribution in [0.25, 0.3) is 0 Å². The Morgan fingerprint density at radius 1 is 1.35 bits per heavy atom. The molecule has 0 spiro atoms. The molecule has 0 aliphatic carbocycles. The largest absolute Gasteiger partial charge is 0.358 e. The van der Waals surface area contributed by atoms with E-state index in [1.807, 2.05) is 25.2 Å². The number of benzene rings is 1. The second-order valence-electron chi connectivity index (χ2n) is 4.50. The molecule has 92 valence electrons. The Morgan fingerprint density at radius 3 is 2.65 bits per heavy atom. The SMILES string of the molecule is CC(CCN)N1CC(=O)N(C)c2ccccc21. The van der Waals surface area contributed by atoms with Crippen LogP contribution in [0, 0.1) is 0 Å². The van der Waals surface area contributed by atoms with Crippen molar-refractivity contribution >= 4 is 17.3 Å². The predicted octanol–water partition coefficient (Wildman–Crippen LogP) is 1.21. The number of fused-ring (bicyclic) bond motifs is 1. The molecule has 1 amide bonds. The van der Waals surface area contributed by atoms with Crippen LogP contribution in [0.15, 0.2) is 24.3 Å². The van der Waals surface area contributed by atoms with Gasteiger partial charge in [-0.25, -0.2) is 0 Å². The summed E-state index contributed by atoms with van der Waals surface area (Å²) >= 11 is 0. The van der Waals surface area contributed by atoms with Crippen molar-refractivity contribution in [1.29, 1.82) is 0 Å². The summed E-state index contributed by atoms with van der Waals surface area (Å²) in [7, 11) is 1.83. The number of nitrogens with two attached hydrogens (primary N) is 1. The van der Waals surface area contributed by atoms with E-state index in [4.69, 9.17) is 5.73 Å². The van der Waals surface area contributed by atoms with Gasteiger partial charge in [0.15, 0.2) is 0 Å². The molecule has 0 aromatic heterocycles. The molecule has 4 heteroatoms. The molecule has 1 aromatic carbocycles. The molecule has 0 saturated heterocycles. The topological polar surface area (TPSA) is 49.6 Å². The summed E-state index contributed by atoms with van der Waals surface area (Å²) in [5, 5.41) is 0. The van der Waals surface area contributed by atoms with E-state index in [2.05, 4.69) is 17.9 Å². The lowest BCUT2D eigenvalue weighted by atomic mass is 10.1. The van der Waals surface area contributed by atoms with Crippen LogP contribution in [0.3, 0.4) is 0 Å². The highest BCUT2D eigenvalue weighted by Gasteiger charge is 2.28. The Labute approximate surface area is 102 Å². The number of para-hydroxylation sites is 2. The third-order valence-corrected chi connectivity index (χ3v) is 3.35. The molecule has 1 aliphatic rings. The van der Waals surface area contributed by atoms with Crippen LogP contribution in [0.5, 0.6) is 0 Å². The number of likely N-dealkylation sites (N-methyl/N-ethyl adjacent to an activating group) is 1. The first-order valence-electron chi connectivity index (χ1n) is 5.97. The minimum Gasteiger partial charge on any atom is -0.358 e. The zero-order valence-electron chi connectivity index (χ0n) is 10.4. The summed E-state index contributed by atoms with van der Waals surface area (Å²) < 4.78 is 0. The van der Waals surface area contributed by atoms with Gasteiger partial charge in [0.1, 0.15) is 0 Å². The van der Waals surface area contributed by atoms with Gasteiger partial charge in [-0.1, -0.05) is 12.1 Å². The number of rotatable bonds is 3. The predicted molar refractivity (Wildman–Crippen MR) is 70.3 cm³/mol. The number of amides is 1. The monoisotopic (exact) mass is 233 g/mol. The van der Waals surface area contributed by atoms with E-state index in [0.717, 1.165) is 17.8 Å². The van der Waals surface area contributed by atoms with Gasteiger partial charge in [-0.3, -0.25) is 4.79 Å². The second kappa shape index (κ2) is 4.75. The summed E-state index contributed by atoms with van der Waals surface area (Å²) in [6.07, 6.45) is 0.894. The van der Waals surface area contributed by atoms with Gasteiger partial charge in [0.2, 0.25) is 5.91 Å². The molecule has 1 aromatic rings. The van der Waals surface area contributed by atoms with Gasteiger partial charge in [-0.15, -0.1) is 0 Å². The number of hydrogen-bond acceptors (Lipinski definition) is 3. The molecule has 0 fully saturated rings. The van der Waals surface area contributed by atoms with Crippen LogP contribution in [0.2, 0.25) is 0 Å². The number of carbonyl (C=O) groups excluding carboxylic acids is 1. The molecule has 0 radical (unpaired) electrons. The fourth-order valence-corrected chi connectivity index (χ4v) is 2.25. The molecule has 4 nitrogen and oxygen atoms in total. The molecule has 0 saturated carbocycles. The molecule has 2 N–H and O–H groups in total. The van der Waals surface area contributed by atoms with Crippen molar-refractivity contribution in [2.75, 3.05) is 29.9 Å². The number of hydrogen-bond donors (Lipinski definition) is 1. The highest BCUT2D eigenvalue weighted by atomic mass is 16.2. The molecule has 2 rings (SSSR count). The van der Waals surface area contributed by atoms with Crippen LogP contribution < -0.4 is 15.5 Å². The van der Waals surface area contributed by atoms with Gasteiger partial charge < -0.3 is 15.5 Å². The minimum atomic E-state index is 0.132. The Balaban J connectivity index is 2.36. The van der Waals surface area contributed by atoms with Crippen LogP contribution in [0.4, 0.5) is 11.4 Å². The average Bonchev–Trinajstić information content (AvgIpc) is 2.34. The molecule has 0 bridgehead atoms. The fraction of sp³-hybridized carbons (Fsp3) is 0.462. The zero-order chi connectivity index (χ0) is 12.4. The van der Waals surface area contributed by atoms with E-state index >= 15 is 0 Å². The van der Waals surface area contributed by atoms with Crippen molar-refractivity contribution in [2.24, 2.45) is 5.73 Å². The van der Waals surface area contributed by atoms with E-state index in [1.165, 1.54) is 0 Å². The maximum absolute atomic E-state index is 11.9. The summed E-state index contributed by atoms with van der Waals surface area (Å²) in [6.45, 7) is 3.20. The number of nitrogens with zero attached hydrogens (tertiary/aromatic N) is 2. The Bertz CT molecular complexity index is 419. The smallest absolute Gasteiger partial charge is 0.246 e. The van der Waals surface area contributed by atoms with Crippen molar-refractivity contribution < 1.29 is 4.79 Å². The molecule has 1 aliphatic heterocycles. The van der Waals surface area contributed by atoms with Crippen LogP contribution >= 0.6 is 0 Å². The molecular formula is C13H19N3O. The average molecular weight is 233 g/mol. The molecule has 1 heterocycles. The summed E-state index contributed by atoms with van der Waals surface area (Å²) in [5.74, 6) is 0.132. The summed E-state index contributed by atoms with van der Waals surface area (Å²) in [4.78, 5) is 15.8. The highest BCUT2D eigenvalue weighted by molar-refractivity contribution is 6.02. The lowest BCUT2D eigenvalue weighted by Crippen LogP contribution is -2.48. The van der Waals surface area contributed by atoms with Gasteiger partial charge in [-0.2, -0.15) is 0 Å². The van der Waals surface area contributed by atoms with Crippen molar-refractivity contribution in [3.63, 3.8) is 0 Å². The number of carbonyl (C=O) groups is 1. The van der Waals surface area contributed by atoms with E-state index < -0.39 is 0 Å². The van der Waals surface area contributed by atoms with Crippen molar-refractivity contribution in [3.05, 3.63) is 24.3 Å². The Hall–Kier alpha value is -1.55. The molecular weight excluding hydrogens is 214 g/mol. The maximum atomic E-state index is 11.9. The fourth-order valence-electron chi connectivity index (χ4n) is 2.25. The van der Waals surface area contributed by atoms with Crippen LogP contribution in [0.1, 0.15) is 13.3 Å². The molecule has 17 heavy (non-hydrogen) atoms. The maximum Gasteiger partial charge on any atom is 0.246 e. The minimum absolute atomic E-state index is 0.132. The Kier molecular flexibility index (Phi) is 3.33. The van der Waals surface area contributed by atoms with Crippen molar-refractivity contribution in [1.82, 2.24) is 0 Å². The number of anilines is 2. The molecule has 1 unspecified atom stereocenters. The van der Waals surface area contributed by atoms with Gasteiger partial charge >= 0.3 is 0 Å². The summed E-state index contributed by atoms with van der Waals surface area (Å²) in [6, 6.07) is 8.29. The quantitative estimate of drug-likeness (QED) is 0.853. The third kappa shape index (κ3) is 2.13. The van der Waals surface area contributed by atoms with Crippen molar-refractivity contribution in [3.8, 4) is 0 Å². The van der Waals surface area contributed by atoms with Gasteiger partial charge in [0.05, 0.1) is 17.9 Å². The van der Waals surface area contributed by atoms with Gasteiger partial charge in [-0.05, 0) is 32.0 Å². The zero-order valence-corrected chi connectivity index (χ0v) is 10.4. The highest BCUT2D eigenvalue weighted by Crippen LogP contribution is 2.33. The third-order valence-electron chi connectivity index (χ3n) is 3.35. The van der Waals surface area contributed by atoms with Crippen molar-refractivity contribution in [2.45, 2.75) is 19.4 Å². The van der Waals surface area contributed by atoms with E-state index in [1.54, 1.807) is 4.90 Å².